The van der Waals surface area contributed by atoms with Gasteiger partial charge in [-0.3, -0.25) is 4.79 Å². The number of aliphatic hydroxyl groups is 1. The maximum Gasteiger partial charge on any atom is 0.325 e. The highest BCUT2D eigenvalue weighted by Crippen LogP contribution is 2.23. The van der Waals surface area contributed by atoms with Crippen molar-refractivity contribution in [1.82, 2.24) is 14.8 Å². The summed E-state index contributed by atoms with van der Waals surface area (Å²) in [5.74, 6) is -2.43. The van der Waals surface area contributed by atoms with Gasteiger partial charge in [0.2, 0.25) is 0 Å². The van der Waals surface area contributed by atoms with Crippen molar-refractivity contribution in [3.8, 4) is 11.4 Å². The minimum Gasteiger partial charge on any atom is -0.480 e. The Hall–Kier alpha value is -2.00. The first kappa shape index (κ1) is 17.4. The monoisotopic (exact) mass is 343 g/mol. The van der Waals surface area contributed by atoms with Gasteiger partial charge in [0, 0.05) is 5.56 Å². The van der Waals surface area contributed by atoms with Gasteiger partial charge in [-0.05, 0) is 36.6 Å². The van der Waals surface area contributed by atoms with Crippen LogP contribution in [0.1, 0.15) is 18.3 Å². The highest BCUT2D eigenvalue weighted by molar-refractivity contribution is 7.98. The van der Waals surface area contributed by atoms with Crippen molar-refractivity contribution in [1.29, 1.82) is 0 Å². The minimum atomic E-state index is -1.15. The fraction of sp³-hybridized carbons (Fsp3) is 0.357. The molecular formula is C14H15F2N3O3S. The molecule has 23 heavy (non-hydrogen) atoms. The number of carbonyl (C=O) groups is 1. The fourth-order valence-corrected chi connectivity index (χ4v) is 2.42. The first-order valence-electron chi connectivity index (χ1n) is 6.71. The number of aromatic nitrogens is 3. The van der Waals surface area contributed by atoms with Gasteiger partial charge in [-0.15, -0.1) is 0 Å². The predicted molar refractivity (Wildman–Crippen MR) is 81.0 cm³/mol. The van der Waals surface area contributed by atoms with Gasteiger partial charge < -0.3 is 10.2 Å². The van der Waals surface area contributed by atoms with Crippen LogP contribution in [0.2, 0.25) is 0 Å². The SMILES string of the molecule is CSCC[C@@H](O)c1nc(-c2ccc(F)c(F)c2)nn1CC(=O)O. The van der Waals surface area contributed by atoms with E-state index < -0.39 is 30.3 Å². The number of rotatable bonds is 7. The summed E-state index contributed by atoms with van der Waals surface area (Å²) in [4.78, 5) is 15.0. The number of aliphatic carboxylic acids is 1. The van der Waals surface area contributed by atoms with E-state index in [4.69, 9.17) is 5.11 Å². The molecule has 0 aliphatic heterocycles. The number of carboxylic acid groups (broad SMARTS) is 1. The summed E-state index contributed by atoms with van der Waals surface area (Å²) in [7, 11) is 0. The number of aliphatic hydroxyl groups excluding tert-OH is 1. The zero-order valence-corrected chi connectivity index (χ0v) is 13.1. The molecule has 124 valence electrons. The van der Waals surface area contributed by atoms with E-state index in [1.165, 1.54) is 17.8 Å². The number of halogens is 2. The second kappa shape index (κ2) is 7.51. The number of hydrogen-bond donors (Lipinski definition) is 2. The smallest absolute Gasteiger partial charge is 0.325 e. The van der Waals surface area contributed by atoms with Crippen molar-refractivity contribution in [2.75, 3.05) is 12.0 Å². The maximum absolute atomic E-state index is 13.3. The third-order valence-electron chi connectivity index (χ3n) is 3.06. The lowest BCUT2D eigenvalue weighted by atomic mass is 10.2. The summed E-state index contributed by atoms with van der Waals surface area (Å²) in [5, 5.41) is 23.1. The lowest BCUT2D eigenvalue weighted by Gasteiger charge is -2.09. The van der Waals surface area contributed by atoms with Crippen LogP contribution in [0, 0.1) is 11.6 Å². The van der Waals surface area contributed by atoms with Crippen LogP contribution < -0.4 is 0 Å². The average Bonchev–Trinajstić information content (AvgIpc) is 2.90. The van der Waals surface area contributed by atoms with Crippen LogP contribution >= 0.6 is 11.8 Å². The maximum atomic E-state index is 13.3. The molecule has 0 amide bonds. The lowest BCUT2D eigenvalue weighted by Crippen LogP contribution is -2.16. The largest absolute Gasteiger partial charge is 0.480 e. The summed E-state index contributed by atoms with van der Waals surface area (Å²) >= 11 is 1.53. The Labute approximate surface area is 135 Å². The fourth-order valence-electron chi connectivity index (χ4n) is 1.96. The molecule has 2 aromatic rings. The van der Waals surface area contributed by atoms with E-state index >= 15 is 0 Å². The Morgan fingerprint density at radius 2 is 2.13 bits per heavy atom. The molecule has 1 aromatic heterocycles. The standard InChI is InChI=1S/C14H15F2N3O3S/c1-23-5-4-11(20)14-17-13(18-19(14)7-12(21)22)8-2-3-9(15)10(16)6-8/h2-3,6,11,20H,4-5,7H2,1H3,(H,21,22)/t11-/m1/s1. The van der Waals surface area contributed by atoms with E-state index in [-0.39, 0.29) is 17.2 Å². The lowest BCUT2D eigenvalue weighted by molar-refractivity contribution is -0.138. The molecule has 0 unspecified atom stereocenters. The van der Waals surface area contributed by atoms with Crippen LogP contribution in [0.5, 0.6) is 0 Å². The van der Waals surface area contributed by atoms with Gasteiger partial charge in [0.15, 0.2) is 23.3 Å². The molecule has 2 N–H and O–H groups in total. The van der Waals surface area contributed by atoms with Crippen LogP contribution in [-0.2, 0) is 11.3 Å². The van der Waals surface area contributed by atoms with Gasteiger partial charge >= 0.3 is 5.97 Å². The molecule has 1 aromatic carbocycles. The summed E-state index contributed by atoms with van der Waals surface area (Å²) in [5.41, 5.74) is 0.200. The summed E-state index contributed by atoms with van der Waals surface area (Å²) < 4.78 is 27.4. The molecule has 0 saturated heterocycles. The van der Waals surface area contributed by atoms with Gasteiger partial charge in [-0.1, -0.05) is 0 Å². The minimum absolute atomic E-state index is 0.0309. The summed E-state index contributed by atoms with van der Waals surface area (Å²) in [6.45, 7) is -0.484. The van der Waals surface area contributed by atoms with E-state index in [1.54, 1.807) is 0 Å². The van der Waals surface area contributed by atoms with E-state index in [0.29, 0.717) is 12.2 Å². The number of benzene rings is 1. The quantitative estimate of drug-likeness (QED) is 0.800. The molecule has 2 rings (SSSR count). The molecule has 0 aliphatic rings. The van der Waals surface area contributed by atoms with Crippen LogP contribution in [0.25, 0.3) is 11.4 Å². The van der Waals surface area contributed by atoms with Gasteiger partial charge in [-0.25, -0.2) is 18.4 Å². The van der Waals surface area contributed by atoms with Crippen molar-refractivity contribution < 1.29 is 23.8 Å². The van der Waals surface area contributed by atoms with Crippen molar-refractivity contribution in [2.45, 2.75) is 19.1 Å². The molecule has 9 heteroatoms. The molecule has 0 fully saturated rings. The molecule has 0 saturated carbocycles. The number of nitrogens with zero attached hydrogens (tertiary/aromatic N) is 3. The van der Waals surface area contributed by atoms with Gasteiger partial charge in [-0.2, -0.15) is 16.9 Å². The molecule has 0 spiro atoms. The van der Waals surface area contributed by atoms with Gasteiger partial charge in [0.05, 0.1) is 0 Å². The Kier molecular flexibility index (Phi) is 5.67. The Morgan fingerprint density at radius 1 is 1.39 bits per heavy atom. The van der Waals surface area contributed by atoms with Crippen molar-refractivity contribution in [3.05, 3.63) is 35.7 Å². The molecule has 1 atom stereocenters. The van der Waals surface area contributed by atoms with Crippen LogP contribution in [0.3, 0.4) is 0 Å². The van der Waals surface area contributed by atoms with E-state index in [2.05, 4.69) is 10.1 Å². The third-order valence-corrected chi connectivity index (χ3v) is 3.70. The Balaban J connectivity index is 2.39. The topological polar surface area (TPSA) is 88.2 Å². The van der Waals surface area contributed by atoms with E-state index in [0.717, 1.165) is 16.8 Å². The van der Waals surface area contributed by atoms with E-state index in [9.17, 15) is 18.7 Å². The molecular weight excluding hydrogens is 328 g/mol. The molecule has 0 radical (unpaired) electrons. The molecule has 0 bridgehead atoms. The van der Waals surface area contributed by atoms with Crippen LogP contribution in [-0.4, -0.2) is 43.0 Å². The summed E-state index contributed by atoms with van der Waals surface area (Å²) in [6.07, 6.45) is 1.26. The second-order valence-electron chi connectivity index (χ2n) is 4.77. The Bertz CT molecular complexity index is 709. The predicted octanol–water partition coefficient (Wildman–Crippen LogP) is 2.09. The Morgan fingerprint density at radius 3 is 2.74 bits per heavy atom. The van der Waals surface area contributed by atoms with Gasteiger partial charge in [0.25, 0.3) is 0 Å². The highest BCUT2D eigenvalue weighted by atomic mass is 32.2. The number of thioether (sulfide) groups is 1. The van der Waals surface area contributed by atoms with Crippen LogP contribution in [0.4, 0.5) is 8.78 Å². The third kappa shape index (κ3) is 4.26. The van der Waals surface area contributed by atoms with Crippen molar-refractivity contribution in [3.63, 3.8) is 0 Å². The van der Waals surface area contributed by atoms with E-state index in [1.807, 2.05) is 6.26 Å². The zero-order chi connectivity index (χ0) is 17.0. The number of hydrogen-bond acceptors (Lipinski definition) is 5. The average molecular weight is 343 g/mol. The first-order chi connectivity index (χ1) is 10.9. The number of carboxylic acids is 1. The summed E-state index contributed by atoms with van der Waals surface area (Å²) in [6, 6.07) is 3.15. The highest BCUT2D eigenvalue weighted by Gasteiger charge is 2.20. The molecule has 0 aliphatic carbocycles. The zero-order valence-electron chi connectivity index (χ0n) is 12.2. The molecule has 1 heterocycles. The molecule has 6 nitrogen and oxygen atoms in total. The van der Waals surface area contributed by atoms with Crippen LogP contribution in [0.15, 0.2) is 18.2 Å². The normalized spacial score (nSPS) is 12.3. The van der Waals surface area contributed by atoms with Gasteiger partial charge in [0.1, 0.15) is 12.6 Å². The second-order valence-corrected chi connectivity index (χ2v) is 5.76. The van der Waals surface area contributed by atoms with Crippen molar-refractivity contribution >= 4 is 17.7 Å². The first-order valence-corrected chi connectivity index (χ1v) is 8.10. The van der Waals surface area contributed by atoms with Crippen molar-refractivity contribution in [2.24, 2.45) is 0 Å².